The Kier molecular flexibility index (Phi) is 7.76. The molecule has 2 N–H and O–H groups in total. The van der Waals surface area contributed by atoms with E-state index in [4.69, 9.17) is 4.98 Å². The lowest BCUT2D eigenvalue weighted by atomic mass is 9.33. The topological polar surface area (TPSA) is 62.2 Å². The Morgan fingerprint density at radius 3 is 2.30 bits per heavy atom. The maximum Gasteiger partial charge on any atom is 0.335 e. The summed E-state index contributed by atoms with van der Waals surface area (Å²) in [5, 5.41) is 17.1. The second-order valence-corrected chi connectivity index (χ2v) is 19.8. The number of carboxylic acid groups (broad SMARTS) is 1. The number of allylic oxidation sites excluding steroid dienone is 2. The summed E-state index contributed by atoms with van der Waals surface area (Å²) in [6.45, 7) is 22.4. The smallest absolute Gasteiger partial charge is 0.335 e. The molecule has 5 aliphatic carbocycles. The number of aromatic nitrogens is 1. The summed E-state index contributed by atoms with van der Waals surface area (Å²) in [6, 6.07) is 7.65. The zero-order valence-corrected chi connectivity index (χ0v) is 31.4. The summed E-state index contributed by atoms with van der Waals surface area (Å²) < 4.78 is 0. The predicted octanol–water partition coefficient (Wildman–Crippen LogP) is 11.5. The number of hydrogen-bond donors (Lipinski definition) is 2. The van der Waals surface area contributed by atoms with Crippen LogP contribution in [0.3, 0.4) is 0 Å². The maximum absolute atomic E-state index is 11.5. The Labute approximate surface area is 288 Å². The van der Waals surface area contributed by atoms with Crippen LogP contribution in [0, 0.1) is 51.2 Å². The standard InChI is InChI=1S/C42H60N2O2S/c1-10-26-17-22-42(44-36-43-33(25-47-36)37(2,3)4)24-23-40(8)30(34(26)42)15-16-32-39(7)20-18-29(27-11-13-28(14-12-27)35(45)46)38(5,6)31(39)19-21-41(32,40)9/h11-14,18,25-26,30-32,34H,10,15-17,19-24H2,1-9H3,(H,43,44)(H,45,46)/t26-,30-,31?,32?,34?,39+,40-,41-,42+/m1/s1. The average Bonchev–Trinajstić information content (AvgIpc) is 3.62. The fourth-order valence-corrected chi connectivity index (χ4v) is 14.2. The molecule has 1 aromatic carbocycles. The highest BCUT2D eigenvalue weighted by Crippen LogP contribution is 2.76. The van der Waals surface area contributed by atoms with Crippen LogP contribution >= 0.6 is 11.3 Å². The molecule has 47 heavy (non-hydrogen) atoms. The van der Waals surface area contributed by atoms with E-state index in [1.54, 1.807) is 12.1 Å². The highest BCUT2D eigenvalue weighted by Gasteiger charge is 2.70. The van der Waals surface area contributed by atoms with Gasteiger partial charge < -0.3 is 10.4 Å². The number of carboxylic acids is 1. The molecule has 256 valence electrons. The Morgan fingerprint density at radius 2 is 1.66 bits per heavy atom. The largest absolute Gasteiger partial charge is 0.478 e. The number of fused-ring (bicyclic) bond motifs is 7. The van der Waals surface area contributed by atoms with Crippen molar-refractivity contribution in [2.45, 2.75) is 137 Å². The molecule has 2 aromatic rings. The van der Waals surface area contributed by atoms with Crippen LogP contribution in [0.4, 0.5) is 5.13 Å². The SMILES string of the molecule is CC[C@@H]1CC[C@]2(Nc3nc(C(C)(C)C)cs3)CC[C@]3(C)[C@H](CCC4[C@@]5(C)CC=C(c6ccc(C(=O)O)cc6)C(C)(C)C5CC[C@]43C)C12. The molecule has 0 bridgehead atoms. The van der Waals surface area contributed by atoms with Crippen LogP contribution in [0.25, 0.3) is 5.57 Å². The summed E-state index contributed by atoms with van der Waals surface area (Å²) in [5.41, 5.74) is 5.45. The fourth-order valence-electron chi connectivity index (χ4n) is 13.2. The summed E-state index contributed by atoms with van der Waals surface area (Å²) in [7, 11) is 0. The number of thiazole rings is 1. The molecule has 4 nitrogen and oxygen atoms in total. The van der Waals surface area contributed by atoms with Gasteiger partial charge in [-0.25, -0.2) is 9.78 Å². The molecule has 0 aliphatic heterocycles. The quantitative estimate of drug-likeness (QED) is 0.336. The van der Waals surface area contributed by atoms with E-state index in [9.17, 15) is 9.90 Å². The van der Waals surface area contributed by atoms with Crippen molar-refractivity contribution < 1.29 is 9.90 Å². The summed E-state index contributed by atoms with van der Waals surface area (Å²) in [6.07, 6.45) is 15.5. The summed E-state index contributed by atoms with van der Waals surface area (Å²) in [4.78, 5) is 16.7. The zero-order chi connectivity index (χ0) is 33.8. The van der Waals surface area contributed by atoms with Gasteiger partial charge in [-0.2, -0.15) is 0 Å². The lowest BCUT2D eigenvalue weighted by Crippen LogP contribution is -2.67. The molecule has 7 rings (SSSR count). The molecule has 1 aromatic heterocycles. The minimum absolute atomic E-state index is 0.0425. The normalized spacial score (nSPS) is 40.8. The lowest BCUT2D eigenvalue weighted by molar-refractivity contribution is -0.217. The maximum atomic E-state index is 11.5. The van der Waals surface area contributed by atoms with Gasteiger partial charge in [-0.1, -0.05) is 86.9 Å². The van der Waals surface area contributed by atoms with Gasteiger partial charge >= 0.3 is 5.97 Å². The van der Waals surface area contributed by atoms with E-state index >= 15 is 0 Å². The van der Waals surface area contributed by atoms with E-state index in [0.29, 0.717) is 22.3 Å². The molecule has 4 saturated carbocycles. The molecule has 0 saturated heterocycles. The van der Waals surface area contributed by atoms with Gasteiger partial charge in [0.1, 0.15) is 0 Å². The minimum atomic E-state index is -0.854. The monoisotopic (exact) mass is 656 g/mol. The molecule has 1 heterocycles. The van der Waals surface area contributed by atoms with E-state index < -0.39 is 5.97 Å². The Morgan fingerprint density at radius 1 is 0.936 bits per heavy atom. The summed E-state index contributed by atoms with van der Waals surface area (Å²) in [5.74, 6) is 2.76. The highest BCUT2D eigenvalue weighted by molar-refractivity contribution is 7.13. The molecule has 3 unspecified atom stereocenters. The number of benzene rings is 1. The van der Waals surface area contributed by atoms with Crippen LogP contribution in [0.5, 0.6) is 0 Å². The second-order valence-electron chi connectivity index (χ2n) is 18.9. The van der Waals surface area contributed by atoms with Crippen LogP contribution in [0.1, 0.15) is 148 Å². The van der Waals surface area contributed by atoms with Crippen molar-refractivity contribution in [3.8, 4) is 0 Å². The van der Waals surface area contributed by atoms with Crippen LogP contribution in [-0.2, 0) is 5.41 Å². The van der Waals surface area contributed by atoms with Gasteiger partial charge in [-0.3, -0.25) is 0 Å². The number of aromatic carboxylic acids is 1. The predicted molar refractivity (Wildman–Crippen MR) is 196 cm³/mol. The molecule has 0 spiro atoms. The zero-order valence-electron chi connectivity index (χ0n) is 30.6. The average molecular weight is 657 g/mol. The number of nitrogens with one attached hydrogen (secondary N) is 1. The first-order chi connectivity index (χ1) is 22.0. The van der Waals surface area contributed by atoms with E-state index in [2.05, 4.69) is 79.1 Å². The highest BCUT2D eigenvalue weighted by atomic mass is 32.1. The molecular formula is C42H60N2O2S. The van der Waals surface area contributed by atoms with Crippen LogP contribution in [0.15, 0.2) is 35.7 Å². The van der Waals surface area contributed by atoms with Crippen molar-refractivity contribution in [1.29, 1.82) is 0 Å². The second kappa shape index (κ2) is 10.9. The third-order valence-corrected chi connectivity index (χ3v) is 16.5. The number of rotatable bonds is 5. The Balaban J connectivity index is 1.20. The molecule has 5 heteroatoms. The molecule has 5 aliphatic rings. The third-order valence-electron chi connectivity index (χ3n) is 15.7. The number of nitrogens with zero attached hydrogens (tertiary/aromatic N) is 1. The van der Waals surface area contributed by atoms with Crippen LogP contribution in [0.2, 0.25) is 0 Å². The van der Waals surface area contributed by atoms with Gasteiger partial charge in [0.15, 0.2) is 5.13 Å². The molecule has 0 amide bonds. The van der Waals surface area contributed by atoms with E-state index in [1.165, 1.54) is 74.6 Å². The third kappa shape index (κ3) is 4.78. The van der Waals surface area contributed by atoms with Gasteiger partial charge in [0.05, 0.1) is 11.3 Å². The van der Waals surface area contributed by atoms with Crippen molar-refractivity contribution in [1.82, 2.24) is 4.98 Å². The van der Waals surface area contributed by atoms with Gasteiger partial charge in [0.2, 0.25) is 0 Å². The summed E-state index contributed by atoms with van der Waals surface area (Å²) >= 11 is 1.83. The lowest BCUT2D eigenvalue weighted by Gasteiger charge is -2.72. The van der Waals surface area contributed by atoms with Crippen LogP contribution < -0.4 is 5.32 Å². The first-order valence-electron chi connectivity index (χ1n) is 18.8. The molecular weight excluding hydrogens is 597 g/mol. The van der Waals surface area contributed by atoms with Gasteiger partial charge in [0, 0.05) is 16.3 Å². The van der Waals surface area contributed by atoms with Crippen molar-refractivity contribution in [3.05, 3.63) is 52.5 Å². The van der Waals surface area contributed by atoms with Crippen molar-refractivity contribution >= 4 is 28.0 Å². The number of carbonyl (C=O) groups is 1. The minimum Gasteiger partial charge on any atom is -0.478 e. The first kappa shape index (κ1) is 33.4. The van der Waals surface area contributed by atoms with E-state index in [0.717, 1.165) is 35.2 Å². The van der Waals surface area contributed by atoms with Crippen LogP contribution in [-0.4, -0.2) is 21.6 Å². The van der Waals surface area contributed by atoms with Crippen molar-refractivity contribution in [2.75, 3.05) is 5.32 Å². The molecule has 0 radical (unpaired) electrons. The van der Waals surface area contributed by atoms with Gasteiger partial charge in [-0.05, 0) is 132 Å². The Hall–Kier alpha value is -2.14. The fraction of sp³-hybridized carbons (Fsp3) is 0.714. The van der Waals surface area contributed by atoms with Crippen molar-refractivity contribution in [2.24, 2.45) is 51.2 Å². The Bertz CT molecular complexity index is 1570. The van der Waals surface area contributed by atoms with E-state index in [-0.39, 0.29) is 21.8 Å². The van der Waals surface area contributed by atoms with E-state index in [1.807, 2.05) is 23.5 Å². The molecule has 4 fully saturated rings. The van der Waals surface area contributed by atoms with Gasteiger partial charge in [-0.15, -0.1) is 11.3 Å². The number of anilines is 1. The first-order valence-corrected chi connectivity index (χ1v) is 19.7. The van der Waals surface area contributed by atoms with Crippen molar-refractivity contribution in [3.63, 3.8) is 0 Å². The van der Waals surface area contributed by atoms with Gasteiger partial charge in [0.25, 0.3) is 0 Å². The molecule has 9 atom stereocenters. The number of hydrogen-bond acceptors (Lipinski definition) is 4.